The zero-order valence-electron chi connectivity index (χ0n) is 11.7. The number of hydrogen-bond donors (Lipinski definition) is 1. The summed E-state index contributed by atoms with van der Waals surface area (Å²) in [6.07, 6.45) is 0.458. The molecule has 2 aromatic rings. The predicted octanol–water partition coefficient (Wildman–Crippen LogP) is 2.82. The number of nitriles is 1. The Morgan fingerprint density at radius 1 is 1.38 bits per heavy atom. The normalized spacial score (nSPS) is 11.7. The summed E-state index contributed by atoms with van der Waals surface area (Å²) in [6.45, 7) is -0.00721. The molecule has 1 amide bonds. The summed E-state index contributed by atoms with van der Waals surface area (Å²) in [6, 6.07) is 13.1. The van der Waals surface area contributed by atoms with Gasteiger partial charge in [-0.25, -0.2) is 0 Å². The summed E-state index contributed by atoms with van der Waals surface area (Å²) in [4.78, 5) is 14.6. The lowest BCUT2D eigenvalue weighted by Gasteiger charge is -2.28. The van der Waals surface area contributed by atoms with Crippen LogP contribution in [-0.4, -0.2) is 29.6 Å². The van der Waals surface area contributed by atoms with Gasteiger partial charge in [-0.3, -0.25) is 4.79 Å². The SMILES string of the molecule is CN(C(=O)c1sccc1C#N)C(CCO)c1ccccc1. The number of benzene rings is 1. The Labute approximate surface area is 127 Å². The molecular formula is C16H16N2O2S. The highest BCUT2D eigenvalue weighted by atomic mass is 32.1. The third-order valence-electron chi connectivity index (χ3n) is 3.35. The van der Waals surface area contributed by atoms with Crippen molar-refractivity contribution in [1.82, 2.24) is 4.90 Å². The van der Waals surface area contributed by atoms with Crippen LogP contribution in [0.3, 0.4) is 0 Å². The van der Waals surface area contributed by atoms with Gasteiger partial charge in [-0.2, -0.15) is 5.26 Å². The van der Waals surface area contributed by atoms with Crippen molar-refractivity contribution in [3.05, 3.63) is 57.8 Å². The predicted molar refractivity (Wildman–Crippen MR) is 82.0 cm³/mol. The molecule has 21 heavy (non-hydrogen) atoms. The lowest BCUT2D eigenvalue weighted by atomic mass is 10.0. The molecule has 4 nitrogen and oxygen atoms in total. The molecule has 1 atom stereocenters. The average Bonchev–Trinajstić information content (AvgIpc) is 3.00. The molecule has 5 heteroatoms. The Kier molecular flexibility index (Phi) is 5.09. The molecule has 0 aliphatic heterocycles. The Hall–Kier alpha value is -2.16. The first-order chi connectivity index (χ1) is 10.2. The van der Waals surface area contributed by atoms with Gasteiger partial charge in [0.1, 0.15) is 10.9 Å². The number of rotatable bonds is 5. The monoisotopic (exact) mass is 300 g/mol. The van der Waals surface area contributed by atoms with E-state index in [-0.39, 0.29) is 18.6 Å². The van der Waals surface area contributed by atoms with E-state index in [1.54, 1.807) is 23.4 Å². The second-order valence-electron chi connectivity index (χ2n) is 4.63. The minimum absolute atomic E-state index is 0.00721. The van der Waals surface area contributed by atoms with Crippen molar-refractivity contribution in [2.75, 3.05) is 13.7 Å². The molecule has 0 spiro atoms. The van der Waals surface area contributed by atoms with E-state index >= 15 is 0 Å². The van der Waals surface area contributed by atoms with E-state index in [0.717, 1.165) is 5.56 Å². The number of hydrogen-bond acceptors (Lipinski definition) is 4. The number of carbonyl (C=O) groups is 1. The largest absolute Gasteiger partial charge is 0.396 e. The Morgan fingerprint density at radius 2 is 2.10 bits per heavy atom. The third-order valence-corrected chi connectivity index (χ3v) is 4.26. The molecule has 0 aliphatic carbocycles. The van der Waals surface area contributed by atoms with E-state index < -0.39 is 0 Å². The molecule has 108 valence electrons. The van der Waals surface area contributed by atoms with Crippen molar-refractivity contribution in [2.24, 2.45) is 0 Å². The van der Waals surface area contributed by atoms with Crippen LogP contribution in [0.1, 0.15) is 33.3 Å². The van der Waals surface area contributed by atoms with E-state index in [9.17, 15) is 9.90 Å². The molecule has 2 rings (SSSR count). The lowest BCUT2D eigenvalue weighted by molar-refractivity contribution is 0.0710. The van der Waals surface area contributed by atoms with Crippen LogP contribution in [0.25, 0.3) is 0 Å². The van der Waals surface area contributed by atoms with Crippen molar-refractivity contribution in [3.63, 3.8) is 0 Å². The van der Waals surface area contributed by atoms with E-state index in [1.807, 2.05) is 36.4 Å². The van der Waals surface area contributed by atoms with Gasteiger partial charge in [0.15, 0.2) is 0 Å². The minimum atomic E-state index is -0.211. The molecule has 0 saturated heterocycles. The van der Waals surface area contributed by atoms with Crippen molar-refractivity contribution < 1.29 is 9.90 Å². The molecular weight excluding hydrogens is 284 g/mol. The van der Waals surface area contributed by atoms with E-state index in [4.69, 9.17) is 5.26 Å². The number of nitrogens with zero attached hydrogens (tertiary/aromatic N) is 2. The summed E-state index contributed by atoms with van der Waals surface area (Å²) in [5, 5.41) is 20.1. The maximum Gasteiger partial charge on any atom is 0.265 e. The number of carbonyl (C=O) groups excluding carboxylic acids is 1. The van der Waals surface area contributed by atoms with Crippen molar-refractivity contribution in [1.29, 1.82) is 5.26 Å². The molecule has 0 fully saturated rings. The van der Waals surface area contributed by atoms with Gasteiger partial charge >= 0.3 is 0 Å². The lowest BCUT2D eigenvalue weighted by Crippen LogP contribution is -2.31. The smallest absolute Gasteiger partial charge is 0.265 e. The highest BCUT2D eigenvalue weighted by molar-refractivity contribution is 7.12. The third kappa shape index (κ3) is 3.30. The zero-order chi connectivity index (χ0) is 15.2. The van der Waals surface area contributed by atoms with Crippen LogP contribution in [0.5, 0.6) is 0 Å². The number of aliphatic hydroxyl groups is 1. The fraction of sp³-hybridized carbons (Fsp3) is 0.250. The van der Waals surface area contributed by atoms with Crippen molar-refractivity contribution in [2.45, 2.75) is 12.5 Å². The Bertz CT molecular complexity index is 646. The van der Waals surface area contributed by atoms with Gasteiger partial charge in [0.2, 0.25) is 0 Å². The topological polar surface area (TPSA) is 64.3 Å². The molecule has 0 aliphatic rings. The van der Waals surface area contributed by atoms with E-state index in [2.05, 4.69) is 0 Å². The van der Waals surface area contributed by atoms with Crippen molar-refractivity contribution >= 4 is 17.2 Å². The van der Waals surface area contributed by atoms with Crippen LogP contribution in [0.4, 0.5) is 0 Å². The second-order valence-corrected chi connectivity index (χ2v) is 5.55. The van der Waals surface area contributed by atoms with Crippen LogP contribution >= 0.6 is 11.3 Å². The minimum Gasteiger partial charge on any atom is -0.396 e. The van der Waals surface area contributed by atoms with Crippen molar-refractivity contribution in [3.8, 4) is 6.07 Å². The standard InChI is InChI=1S/C16H16N2O2S/c1-18(16(20)15-13(11-17)8-10-21-15)14(7-9-19)12-5-3-2-4-6-12/h2-6,8,10,14,19H,7,9H2,1H3. The van der Waals surface area contributed by atoms with Crippen LogP contribution in [-0.2, 0) is 0 Å². The van der Waals surface area contributed by atoms with Gasteiger partial charge < -0.3 is 10.0 Å². The molecule has 1 aromatic carbocycles. The quantitative estimate of drug-likeness (QED) is 0.923. The van der Waals surface area contributed by atoms with Gasteiger partial charge in [0, 0.05) is 13.7 Å². The van der Waals surface area contributed by atoms with E-state index in [0.29, 0.717) is 16.9 Å². The number of aliphatic hydroxyl groups excluding tert-OH is 1. The summed E-state index contributed by atoms with van der Waals surface area (Å²) in [7, 11) is 1.70. The zero-order valence-corrected chi connectivity index (χ0v) is 12.5. The summed E-state index contributed by atoms with van der Waals surface area (Å²) < 4.78 is 0. The fourth-order valence-electron chi connectivity index (χ4n) is 2.25. The molecule has 1 N–H and O–H groups in total. The summed E-state index contributed by atoms with van der Waals surface area (Å²) in [5.41, 5.74) is 1.37. The molecule has 0 bridgehead atoms. The summed E-state index contributed by atoms with van der Waals surface area (Å²) >= 11 is 1.27. The average molecular weight is 300 g/mol. The summed E-state index contributed by atoms with van der Waals surface area (Å²) in [5.74, 6) is -0.191. The van der Waals surface area contributed by atoms with Gasteiger partial charge in [0.25, 0.3) is 5.91 Å². The maximum absolute atomic E-state index is 12.6. The Morgan fingerprint density at radius 3 is 2.71 bits per heavy atom. The molecule has 0 radical (unpaired) electrons. The van der Waals surface area contributed by atoms with Gasteiger partial charge in [0.05, 0.1) is 11.6 Å². The fourth-order valence-corrected chi connectivity index (χ4v) is 3.07. The Balaban J connectivity index is 2.29. The van der Waals surface area contributed by atoms with Crippen LogP contribution in [0.15, 0.2) is 41.8 Å². The van der Waals surface area contributed by atoms with Gasteiger partial charge in [-0.05, 0) is 23.4 Å². The van der Waals surface area contributed by atoms with Crippen LogP contribution in [0.2, 0.25) is 0 Å². The first kappa shape index (κ1) is 15.2. The van der Waals surface area contributed by atoms with Gasteiger partial charge in [-0.1, -0.05) is 30.3 Å². The number of amides is 1. The molecule has 1 aromatic heterocycles. The molecule has 1 heterocycles. The molecule has 0 saturated carbocycles. The van der Waals surface area contributed by atoms with E-state index in [1.165, 1.54) is 11.3 Å². The second kappa shape index (κ2) is 7.02. The molecule has 1 unspecified atom stereocenters. The highest BCUT2D eigenvalue weighted by Gasteiger charge is 2.24. The number of thiophene rings is 1. The maximum atomic E-state index is 12.6. The first-order valence-electron chi connectivity index (χ1n) is 6.59. The van der Waals surface area contributed by atoms with Crippen LogP contribution < -0.4 is 0 Å². The first-order valence-corrected chi connectivity index (χ1v) is 7.47. The van der Waals surface area contributed by atoms with Gasteiger partial charge in [-0.15, -0.1) is 11.3 Å². The van der Waals surface area contributed by atoms with Crippen LogP contribution in [0, 0.1) is 11.3 Å². The highest BCUT2D eigenvalue weighted by Crippen LogP contribution is 2.26.